The van der Waals surface area contributed by atoms with Crippen molar-refractivity contribution in [3.8, 4) is 5.75 Å². The van der Waals surface area contributed by atoms with Gasteiger partial charge in [-0.1, -0.05) is 19.1 Å². The lowest BCUT2D eigenvalue weighted by molar-refractivity contribution is 0.000567. The first-order chi connectivity index (χ1) is 12.1. The monoisotopic (exact) mass is 348 g/mol. The molecule has 1 N–H and O–H groups in total. The number of nitrogens with zero attached hydrogens (tertiary/aromatic N) is 1. The number of amides is 2. The van der Waals surface area contributed by atoms with E-state index in [2.05, 4.69) is 12.2 Å². The molecule has 1 aliphatic heterocycles. The third-order valence-electron chi connectivity index (χ3n) is 4.51. The summed E-state index contributed by atoms with van der Waals surface area (Å²) in [5, 5.41) is 3.11. The highest BCUT2D eigenvalue weighted by molar-refractivity contribution is 5.74. The van der Waals surface area contributed by atoms with Crippen molar-refractivity contribution in [2.45, 2.75) is 58.6 Å². The van der Waals surface area contributed by atoms with Gasteiger partial charge in [-0.25, -0.2) is 4.79 Å². The van der Waals surface area contributed by atoms with Crippen LogP contribution < -0.4 is 10.1 Å². The Morgan fingerprint density at radius 3 is 2.68 bits per heavy atom. The summed E-state index contributed by atoms with van der Waals surface area (Å²) < 4.78 is 11.3. The maximum atomic E-state index is 12.7. The van der Waals surface area contributed by atoms with E-state index in [9.17, 15) is 4.79 Å². The van der Waals surface area contributed by atoms with E-state index in [4.69, 9.17) is 9.47 Å². The van der Waals surface area contributed by atoms with Gasteiger partial charge in [0, 0.05) is 19.7 Å². The second-order valence-electron chi connectivity index (χ2n) is 6.61. The van der Waals surface area contributed by atoms with Gasteiger partial charge in [-0.05, 0) is 57.2 Å². The molecular formula is C20H32N2O3. The lowest BCUT2D eigenvalue weighted by atomic mass is 10.1. The second kappa shape index (κ2) is 10.3. The van der Waals surface area contributed by atoms with Gasteiger partial charge in [0.05, 0.1) is 18.8 Å². The molecule has 5 heteroatoms. The topological polar surface area (TPSA) is 50.8 Å². The SMILES string of the molecule is CCCN(CC1CCCCO1)C(=O)NC(C)c1ccc(OCC)cc1. The number of carbonyl (C=O) groups excluding carboxylic acids is 1. The number of nitrogens with one attached hydrogen (secondary N) is 1. The normalized spacial score (nSPS) is 18.4. The first kappa shape index (κ1) is 19.6. The first-order valence-corrected chi connectivity index (χ1v) is 9.53. The molecule has 5 nitrogen and oxygen atoms in total. The summed E-state index contributed by atoms with van der Waals surface area (Å²) in [6, 6.07) is 7.84. The van der Waals surface area contributed by atoms with Gasteiger partial charge in [0.2, 0.25) is 0 Å². The molecule has 1 fully saturated rings. The minimum absolute atomic E-state index is 0.0163. The molecule has 2 unspecified atom stereocenters. The summed E-state index contributed by atoms with van der Waals surface area (Å²) in [6.07, 6.45) is 4.48. The van der Waals surface area contributed by atoms with Gasteiger partial charge < -0.3 is 19.7 Å². The Morgan fingerprint density at radius 1 is 1.32 bits per heavy atom. The van der Waals surface area contributed by atoms with Crippen molar-refractivity contribution in [2.75, 3.05) is 26.3 Å². The van der Waals surface area contributed by atoms with Gasteiger partial charge in [0.15, 0.2) is 0 Å². The molecule has 0 aromatic heterocycles. The zero-order valence-corrected chi connectivity index (χ0v) is 15.8. The number of hydrogen-bond acceptors (Lipinski definition) is 3. The molecule has 1 aliphatic rings. The predicted octanol–water partition coefficient (Wildman–Crippen LogP) is 4.14. The van der Waals surface area contributed by atoms with Gasteiger partial charge in [-0.3, -0.25) is 0 Å². The van der Waals surface area contributed by atoms with Crippen molar-refractivity contribution >= 4 is 6.03 Å². The summed E-state index contributed by atoms with van der Waals surface area (Å²) in [4.78, 5) is 14.6. The fourth-order valence-corrected chi connectivity index (χ4v) is 3.12. The lowest BCUT2D eigenvalue weighted by Crippen LogP contribution is -2.46. The van der Waals surface area contributed by atoms with Crippen LogP contribution in [0.1, 0.15) is 58.1 Å². The molecule has 2 amide bonds. The highest BCUT2D eigenvalue weighted by Crippen LogP contribution is 2.19. The van der Waals surface area contributed by atoms with Crippen LogP contribution >= 0.6 is 0 Å². The number of hydrogen-bond donors (Lipinski definition) is 1. The van der Waals surface area contributed by atoms with E-state index in [1.807, 2.05) is 43.0 Å². The zero-order valence-electron chi connectivity index (χ0n) is 15.8. The highest BCUT2D eigenvalue weighted by Gasteiger charge is 2.22. The number of benzene rings is 1. The van der Waals surface area contributed by atoms with E-state index in [1.54, 1.807) is 0 Å². The van der Waals surface area contributed by atoms with Crippen LogP contribution in [0.15, 0.2) is 24.3 Å². The van der Waals surface area contributed by atoms with Crippen LogP contribution in [0.5, 0.6) is 5.75 Å². The third-order valence-corrected chi connectivity index (χ3v) is 4.51. The van der Waals surface area contributed by atoms with E-state index in [0.29, 0.717) is 13.2 Å². The van der Waals surface area contributed by atoms with Crippen LogP contribution in [-0.2, 0) is 4.74 Å². The Bertz CT molecular complexity index is 512. The van der Waals surface area contributed by atoms with Crippen molar-refractivity contribution in [2.24, 2.45) is 0 Å². The predicted molar refractivity (Wildman–Crippen MR) is 100 cm³/mol. The van der Waals surface area contributed by atoms with E-state index in [-0.39, 0.29) is 18.2 Å². The molecule has 0 spiro atoms. The molecular weight excluding hydrogens is 316 g/mol. The molecule has 2 atom stereocenters. The molecule has 1 aromatic rings. The van der Waals surface area contributed by atoms with Crippen LogP contribution in [-0.4, -0.2) is 43.3 Å². The van der Waals surface area contributed by atoms with E-state index in [0.717, 1.165) is 43.7 Å². The fourth-order valence-electron chi connectivity index (χ4n) is 3.12. The van der Waals surface area contributed by atoms with Gasteiger partial charge in [0.25, 0.3) is 0 Å². The summed E-state index contributed by atoms with van der Waals surface area (Å²) in [6.45, 7) is 8.97. The summed E-state index contributed by atoms with van der Waals surface area (Å²) in [7, 11) is 0. The van der Waals surface area contributed by atoms with Crippen LogP contribution in [0.3, 0.4) is 0 Å². The Morgan fingerprint density at radius 2 is 2.08 bits per heavy atom. The maximum absolute atomic E-state index is 12.7. The Hall–Kier alpha value is -1.75. The van der Waals surface area contributed by atoms with Crippen LogP contribution in [0.4, 0.5) is 4.79 Å². The van der Waals surface area contributed by atoms with Crippen molar-refractivity contribution in [1.82, 2.24) is 10.2 Å². The number of carbonyl (C=O) groups is 1. The summed E-state index contributed by atoms with van der Waals surface area (Å²) in [5.41, 5.74) is 1.07. The van der Waals surface area contributed by atoms with Crippen LogP contribution in [0.25, 0.3) is 0 Å². The zero-order chi connectivity index (χ0) is 18.1. The Balaban J connectivity index is 1.91. The van der Waals surface area contributed by atoms with E-state index >= 15 is 0 Å². The average molecular weight is 348 g/mol. The Kier molecular flexibility index (Phi) is 8.06. The van der Waals surface area contributed by atoms with Crippen LogP contribution in [0.2, 0.25) is 0 Å². The molecule has 0 bridgehead atoms. The summed E-state index contributed by atoms with van der Waals surface area (Å²) in [5.74, 6) is 0.854. The second-order valence-corrected chi connectivity index (χ2v) is 6.61. The fraction of sp³-hybridized carbons (Fsp3) is 0.650. The standard InChI is InChI=1S/C20H32N2O3/c1-4-13-22(15-19-8-6-7-14-25-19)20(23)21-16(3)17-9-11-18(12-10-17)24-5-2/h9-12,16,19H,4-8,13-15H2,1-3H3,(H,21,23). The molecule has 0 aliphatic carbocycles. The molecule has 0 radical (unpaired) electrons. The largest absolute Gasteiger partial charge is 0.494 e. The molecule has 1 saturated heterocycles. The molecule has 25 heavy (non-hydrogen) atoms. The molecule has 0 saturated carbocycles. The quantitative estimate of drug-likeness (QED) is 0.768. The molecule has 1 heterocycles. The number of rotatable bonds is 8. The van der Waals surface area contributed by atoms with Gasteiger partial charge in [0.1, 0.15) is 5.75 Å². The lowest BCUT2D eigenvalue weighted by Gasteiger charge is -2.31. The van der Waals surface area contributed by atoms with E-state index < -0.39 is 0 Å². The highest BCUT2D eigenvalue weighted by atomic mass is 16.5. The van der Waals surface area contributed by atoms with E-state index in [1.165, 1.54) is 6.42 Å². The van der Waals surface area contributed by atoms with Crippen molar-refractivity contribution in [3.05, 3.63) is 29.8 Å². The minimum Gasteiger partial charge on any atom is -0.494 e. The van der Waals surface area contributed by atoms with Gasteiger partial charge in [-0.15, -0.1) is 0 Å². The van der Waals surface area contributed by atoms with Gasteiger partial charge >= 0.3 is 6.03 Å². The van der Waals surface area contributed by atoms with Crippen molar-refractivity contribution < 1.29 is 14.3 Å². The number of ether oxygens (including phenoxy) is 2. The third kappa shape index (κ3) is 6.24. The smallest absolute Gasteiger partial charge is 0.317 e. The van der Waals surface area contributed by atoms with Gasteiger partial charge in [-0.2, -0.15) is 0 Å². The molecule has 140 valence electrons. The minimum atomic E-state index is -0.0465. The Labute approximate surface area is 151 Å². The van der Waals surface area contributed by atoms with Crippen molar-refractivity contribution in [3.63, 3.8) is 0 Å². The number of urea groups is 1. The molecule has 1 aromatic carbocycles. The molecule has 2 rings (SSSR count). The maximum Gasteiger partial charge on any atom is 0.317 e. The average Bonchev–Trinajstić information content (AvgIpc) is 2.63. The first-order valence-electron chi connectivity index (χ1n) is 9.53. The van der Waals surface area contributed by atoms with Crippen molar-refractivity contribution in [1.29, 1.82) is 0 Å². The summed E-state index contributed by atoms with van der Waals surface area (Å²) >= 11 is 0. The van der Waals surface area contributed by atoms with Crippen LogP contribution in [0, 0.1) is 0 Å².